The Morgan fingerprint density at radius 2 is 2.06 bits per heavy atom. The molecule has 5 heteroatoms. The number of carbonyl (C=O) groups excluding carboxylic acids is 1. The minimum atomic E-state index is -1.07. The Labute approximate surface area is 105 Å². The SMILES string of the molecule is O=C(CC1CCCC1)Nc1ccc(C(=O)O)nc1. The molecule has 2 rings (SSSR count). The van der Waals surface area contributed by atoms with Crippen molar-refractivity contribution >= 4 is 17.6 Å². The quantitative estimate of drug-likeness (QED) is 0.856. The summed E-state index contributed by atoms with van der Waals surface area (Å²) in [6.07, 6.45) is 6.60. The number of amides is 1. The highest BCUT2D eigenvalue weighted by molar-refractivity contribution is 5.91. The molecule has 1 aliphatic rings. The van der Waals surface area contributed by atoms with Gasteiger partial charge in [-0.15, -0.1) is 0 Å². The van der Waals surface area contributed by atoms with Gasteiger partial charge in [0, 0.05) is 6.42 Å². The van der Waals surface area contributed by atoms with Crippen LogP contribution < -0.4 is 5.32 Å². The van der Waals surface area contributed by atoms with Gasteiger partial charge in [-0.05, 0) is 30.9 Å². The van der Waals surface area contributed by atoms with Crippen LogP contribution in [0.3, 0.4) is 0 Å². The van der Waals surface area contributed by atoms with Crippen molar-refractivity contribution in [2.75, 3.05) is 5.32 Å². The predicted octanol–water partition coefficient (Wildman–Crippen LogP) is 2.30. The molecule has 2 N–H and O–H groups in total. The first kappa shape index (κ1) is 12.5. The molecule has 0 radical (unpaired) electrons. The Bertz CT molecular complexity index is 436. The van der Waals surface area contributed by atoms with E-state index in [0.717, 1.165) is 12.8 Å². The predicted molar refractivity (Wildman–Crippen MR) is 66.4 cm³/mol. The molecule has 5 nitrogen and oxygen atoms in total. The Morgan fingerprint density at radius 1 is 1.33 bits per heavy atom. The summed E-state index contributed by atoms with van der Waals surface area (Å²) in [6, 6.07) is 2.94. The Morgan fingerprint density at radius 3 is 2.61 bits per heavy atom. The van der Waals surface area contributed by atoms with Gasteiger partial charge in [0.2, 0.25) is 5.91 Å². The van der Waals surface area contributed by atoms with E-state index in [1.165, 1.54) is 25.1 Å². The third kappa shape index (κ3) is 3.29. The lowest BCUT2D eigenvalue weighted by Gasteiger charge is -2.09. The van der Waals surface area contributed by atoms with Crippen LogP contribution in [0.1, 0.15) is 42.6 Å². The van der Waals surface area contributed by atoms with Crippen molar-refractivity contribution in [1.29, 1.82) is 0 Å². The van der Waals surface area contributed by atoms with Crippen LogP contribution in [0, 0.1) is 5.92 Å². The summed E-state index contributed by atoms with van der Waals surface area (Å²) in [6.45, 7) is 0. The zero-order chi connectivity index (χ0) is 13.0. The fourth-order valence-corrected chi connectivity index (χ4v) is 2.28. The third-order valence-electron chi connectivity index (χ3n) is 3.22. The molecule has 0 atom stereocenters. The average molecular weight is 248 g/mol. The van der Waals surface area contributed by atoms with Crippen LogP contribution in [-0.4, -0.2) is 22.0 Å². The van der Waals surface area contributed by atoms with Crippen molar-refractivity contribution < 1.29 is 14.7 Å². The number of rotatable bonds is 4. The largest absolute Gasteiger partial charge is 0.477 e. The van der Waals surface area contributed by atoms with Gasteiger partial charge in [0.15, 0.2) is 0 Å². The van der Waals surface area contributed by atoms with E-state index in [0.29, 0.717) is 18.0 Å². The summed E-state index contributed by atoms with van der Waals surface area (Å²) < 4.78 is 0. The van der Waals surface area contributed by atoms with Gasteiger partial charge in [-0.1, -0.05) is 12.8 Å². The minimum Gasteiger partial charge on any atom is -0.477 e. The van der Waals surface area contributed by atoms with Crippen LogP contribution in [0.5, 0.6) is 0 Å². The number of carboxylic acids is 1. The van der Waals surface area contributed by atoms with Crippen LogP contribution in [0.15, 0.2) is 18.3 Å². The molecule has 0 spiro atoms. The van der Waals surface area contributed by atoms with E-state index in [4.69, 9.17) is 5.11 Å². The number of nitrogens with one attached hydrogen (secondary N) is 1. The zero-order valence-electron chi connectivity index (χ0n) is 10.1. The molecule has 0 aromatic carbocycles. The first-order valence-corrected chi connectivity index (χ1v) is 6.14. The molecule has 0 bridgehead atoms. The first-order chi connectivity index (χ1) is 8.65. The van der Waals surface area contributed by atoms with Gasteiger partial charge in [-0.25, -0.2) is 9.78 Å². The lowest BCUT2D eigenvalue weighted by molar-refractivity contribution is -0.117. The molecule has 96 valence electrons. The van der Waals surface area contributed by atoms with E-state index in [1.54, 1.807) is 6.07 Å². The van der Waals surface area contributed by atoms with Crippen LogP contribution in [0.25, 0.3) is 0 Å². The van der Waals surface area contributed by atoms with E-state index in [9.17, 15) is 9.59 Å². The maximum absolute atomic E-state index is 11.7. The smallest absolute Gasteiger partial charge is 0.354 e. The maximum Gasteiger partial charge on any atom is 0.354 e. The summed E-state index contributed by atoms with van der Waals surface area (Å²) in [4.78, 5) is 26.1. The molecule has 0 saturated heterocycles. The Kier molecular flexibility index (Phi) is 3.92. The second kappa shape index (κ2) is 5.62. The fraction of sp³-hybridized carbons (Fsp3) is 0.462. The van der Waals surface area contributed by atoms with Crippen LogP contribution >= 0.6 is 0 Å². The number of aromatic nitrogens is 1. The minimum absolute atomic E-state index is 0.0215. The topological polar surface area (TPSA) is 79.3 Å². The molecule has 1 amide bonds. The van der Waals surface area contributed by atoms with Crippen molar-refractivity contribution in [2.45, 2.75) is 32.1 Å². The fourth-order valence-electron chi connectivity index (χ4n) is 2.28. The van der Waals surface area contributed by atoms with Crippen LogP contribution in [0.2, 0.25) is 0 Å². The highest BCUT2D eigenvalue weighted by Crippen LogP contribution is 2.27. The molecule has 1 aliphatic carbocycles. The van der Waals surface area contributed by atoms with Crippen molar-refractivity contribution in [1.82, 2.24) is 4.98 Å². The molecule has 18 heavy (non-hydrogen) atoms. The second-order valence-electron chi connectivity index (χ2n) is 4.64. The molecule has 1 aromatic rings. The lowest BCUT2D eigenvalue weighted by Crippen LogP contribution is -2.15. The zero-order valence-corrected chi connectivity index (χ0v) is 10.1. The van der Waals surface area contributed by atoms with E-state index in [-0.39, 0.29) is 11.6 Å². The summed E-state index contributed by atoms with van der Waals surface area (Å²) in [5.41, 5.74) is 0.520. The van der Waals surface area contributed by atoms with Crippen molar-refractivity contribution in [3.05, 3.63) is 24.0 Å². The van der Waals surface area contributed by atoms with Gasteiger partial charge in [0.1, 0.15) is 5.69 Å². The molecule has 0 aliphatic heterocycles. The Balaban J connectivity index is 1.88. The summed E-state index contributed by atoms with van der Waals surface area (Å²) in [5.74, 6) is -0.596. The average Bonchev–Trinajstić information content (AvgIpc) is 2.82. The van der Waals surface area contributed by atoms with E-state index >= 15 is 0 Å². The first-order valence-electron chi connectivity index (χ1n) is 6.14. The van der Waals surface area contributed by atoms with E-state index < -0.39 is 5.97 Å². The molecular formula is C13H16N2O3. The Hall–Kier alpha value is -1.91. The number of pyridine rings is 1. The van der Waals surface area contributed by atoms with Gasteiger partial charge in [0.05, 0.1) is 11.9 Å². The third-order valence-corrected chi connectivity index (χ3v) is 3.22. The molecule has 1 fully saturated rings. The molecule has 1 aromatic heterocycles. The van der Waals surface area contributed by atoms with Crippen molar-refractivity contribution in [3.8, 4) is 0 Å². The van der Waals surface area contributed by atoms with Gasteiger partial charge < -0.3 is 10.4 Å². The van der Waals surface area contributed by atoms with E-state index in [2.05, 4.69) is 10.3 Å². The van der Waals surface area contributed by atoms with Gasteiger partial charge in [0.25, 0.3) is 0 Å². The summed E-state index contributed by atoms with van der Waals surface area (Å²) in [7, 11) is 0. The van der Waals surface area contributed by atoms with Crippen molar-refractivity contribution in [3.63, 3.8) is 0 Å². The van der Waals surface area contributed by atoms with Gasteiger partial charge in [-0.2, -0.15) is 0 Å². The van der Waals surface area contributed by atoms with E-state index in [1.807, 2.05) is 0 Å². The number of anilines is 1. The molecule has 0 unspecified atom stereocenters. The normalized spacial score (nSPS) is 15.6. The summed E-state index contributed by atoms with van der Waals surface area (Å²) >= 11 is 0. The molecular weight excluding hydrogens is 232 g/mol. The highest BCUT2D eigenvalue weighted by atomic mass is 16.4. The number of aromatic carboxylic acids is 1. The number of hydrogen-bond acceptors (Lipinski definition) is 3. The molecule has 1 heterocycles. The molecule has 1 saturated carbocycles. The monoisotopic (exact) mass is 248 g/mol. The maximum atomic E-state index is 11.7. The van der Waals surface area contributed by atoms with Crippen LogP contribution in [0.4, 0.5) is 5.69 Å². The number of carbonyl (C=O) groups is 2. The summed E-state index contributed by atoms with van der Waals surface area (Å²) in [5, 5.41) is 11.4. The number of hydrogen-bond donors (Lipinski definition) is 2. The second-order valence-corrected chi connectivity index (χ2v) is 4.64. The standard InChI is InChI=1S/C13H16N2O3/c16-12(7-9-3-1-2-4-9)15-10-5-6-11(13(17)18)14-8-10/h5-6,8-9H,1-4,7H2,(H,15,16)(H,17,18). The van der Waals surface area contributed by atoms with Crippen LogP contribution in [-0.2, 0) is 4.79 Å². The highest BCUT2D eigenvalue weighted by Gasteiger charge is 2.18. The van der Waals surface area contributed by atoms with Gasteiger partial charge in [-0.3, -0.25) is 4.79 Å². The van der Waals surface area contributed by atoms with Gasteiger partial charge >= 0.3 is 5.97 Å². The lowest BCUT2D eigenvalue weighted by atomic mass is 10.0. The van der Waals surface area contributed by atoms with Crippen molar-refractivity contribution in [2.24, 2.45) is 5.92 Å². The number of carboxylic acid groups (broad SMARTS) is 1. The number of nitrogens with zero attached hydrogens (tertiary/aromatic N) is 1.